The molecule has 1 amide bonds. The second kappa shape index (κ2) is 3.49. The predicted molar refractivity (Wildman–Crippen MR) is 63.4 cm³/mol. The molecule has 1 aromatic rings. The summed E-state index contributed by atoms with van der Waals surface area (Å²) >= 11 is 0. The molecule has 4 heteroatoms. The minimum absolute atomic E-state index is 0.0375. The fourth-order valence-corrected chi connectivity index (χ4v) is 1.65. The molecule has 0 radical (unpaired) electrons. The van der Waals surface area contributed by atoms with Gasteiger partial charge in [-0.3, -0.25) is 4.79 Å². The van der Waals surface area contributed by atoms with Gasteiger partial charge >= 0.3 is 0 Å². The second-order valence-corrected chi connectivity index (χ2v) is 5.05. The molecule has 0 bridgehead atoms. The Hall–Kier alpha value is -1.55. The van der Waals surface area contributed by atoms with Crippen LogP contribution in [0.4, 0.5) is 11.4 Å². The number of rotatable bonds is 0. The van der Waals surface area contributed by atoms with Gasteiger partial charge in [-0.05, 0) is 23.1 Å². The lowest BCUT2D eigenvalue weighted by Crippen LogP contribution is -2.38. The molecule has 0 saturated heterocycles. The highest BCUT2D eigenvalue weighted by atomic mass is 16.3. The Morgan fingerprint density at radius 3 is 2.56 bits per heavy atom. The van der Waals surface area contributed by atoms with E-state index in [9.17, 15) is 9.90 Å². The number of fused-ring (bicyclic) bond motifs is 1. The van der Waals surface area contributed by atoms with Crippen molar-refractivity contribution in [3.63, 3.8) is 0 Å². The van der Waals surface area contributed by atoms with Crippen molar-refractivity contribution in [3.05, 3.63) is 23.8 Å². The maximum atomic E-state index is 11.3. The first kappa shape index (κ1) is 11.0. The third-order valence-electron chi connectivity index (χ3n) is 2.68. The van der Waals surface area contributed by atoms with Crippen molar-refractivity contribution in [1.82, 2.24) is 0 Å². The molecule has 86 valence electrons. The lowest BCUT2D eigenvalue weighted by Gasteiger charge is -2.26. The van der Waals surface area contributed by atoms with Crippen molar-refractivity contribution in [2.75, 3.05) is 10.6 Å². The van der Waals surface area contributed by atoms with Crippen LogP contribution in [0.1, 0.15) is 26.3 Å². The maximum absolute atomic E-state index is 11.3. The van der Waals surface area contributed by atoms with E-state index < -0.39 is 12.1 Å². The fraction of sp³-hybridized carbons (Fsp3) is 0.417. The zero-order chi connectivity index (χ0) is 11.9. The summed E-state index contributed by atoms with van der Waals surface area (Å²) in [5.74, 6) is -0.418. The Balaban J connectivity index is 2.40. The average Bonchev–Trinajstić information content (AvgIpc) is 2.17. The van der Waals surface area contributed by atoms with E-state index in [1.807, 2.05) is 18.2 Å². The van der Waals surface area contributed by atoms with Crippen LogP contribution in [-0.2, 0) is 10.2 Å². The summed E-state index contributed by atoms with van der Waals surface area (Å²) in [5, 5.41) is 14.7. The lowest BCUT2D eigenvalue weighted by atomic mass is 9.86. The van der Waals surface area contributed by atoms with E-state index in [0.717, 1.165) is 16.9 Å². The number of amides is 1. The number of benzene rings is 1. The lowest BCUT2D eigenvalue weighted by molar-refractivity contribution is -0.122. The molecule has 1 atom stereocenters. The summed E-state index contributed by atoms with van der Waals surface area (Å²) in [5.41, 5.74) is 2.66. The molecular weight excluding hydrogens is 204 g/mol. The zero-order valence-corrected chi connectivity index (χ0v) is 9.66. The quantitative estimate of drug-likeness (QED) is 0.623. The van der Waals surface area contributed by atoms with Crippen molar-refractivity contribution in [3.8, 4) is 0 Å². The number of aliphatic hydroxyl groups excluding tert-OH is 1. The van der Waals surface area contributed by atoms with Crippen LogP contribution in [0, 0.1) is 0 Å². The maximum Gasteiger partial charge on any atom is 0.274 e. The fourth-order valence-electron chi connectivity index (χ4n) is 1.65. The standard InChI is InChI=1S/C12H16N2O2/c1-12(2,3)7-4-5-8-9(6-7)14-11(16)10(15)13-8/h4-6,10,13,15H,1-3H3,(H,14,16). The number of nitrogens with one attached hydrogen (secondary N) is 2. The molecule has 0 spiro atoms. The number of carbonyl (C=O) groups is 1. The number of aliphatic hydroxyl groups is 1. The van der Waals surface area contributed by atoms with E-state index in [2.05, 4.69) is 31.4 Å². The third kappa shape index (κ3) is 1.88. The summed E-state index contributed by atoms with van der Waals surface area (Å²) < 4.78 is 0. The SMILES string of the molecule is CC(C)(C)c1ccc2c(c1)NC(=O)C(O)N2. The summed E-state index contributed by atoms with van der Waals surface area (Å²) in [6, 6.07) is 5.81. The van der Waals surface area contributed by atoms with Crippen LogP contribution in [0.3, 0.4) is 0 Å². The van der Waals surface area contributed by atoms with Gasteiger partial charge < -0.3 is 15.7 Å². The van der Waals surface area contributed by atoms with Crippen LogP contribution >= 0.6 is 0 Å². The summed E-state index contributed by atoms with van der Waals surface area (Å²) in [6.07, 6.45) is -1.16. The van der Waals surface area contributed by atoms with Gasteiger partial charge in [-0.15, -0.1) is 0 Å². The van der Waals surface area contributed by atoms with Crippen molar-refractivity contribution < 1.29 is 9.90 Å². The first-order valence-electron chi connectivity index (χ1n) is 5.28. The first-order chi connectivity index (χ1) is 7.38. The molecule has 4 nitrogen and oxygen atoms in total. The molecule has 0 fully saturated rings. The number of hydrogen-bond acceptors (Lipinski definition) is 3. The summed E-state index contributed by atoms with van der Waals surface area (Å²) in [7, 11) is 0. The Morgan fingerprint density at radius 2 is 1.94 bits per heavy atom. The van der Waals surface area contributed by atoms with E-state index in [-0.39, 0.29) is 5.41 Å². The van der Waals surface area contributed by atoms with Gasteiger partial charge in [0.2, 0.25) is 6.23 Å². The third-order valence-corrected chi connectivity index (χ3v) is 2.68. The van der Waals surface area contributed by atoms with E-state index >= 15 is 0 Å². The first-order valence-corrected chi connectivity index (χ1v) is 5.28. The van der Waals surface area contributed by atoms with Crippen LogP contribution in [0.5, 0.6) is 0 Å². The predicted octanol–water partition coefficient (Wildman–Crippen LogP) is 1.67. The van der Waals surface area contributed by atoms with E-state index in [4.69, 9.17) is 0 Å². The van der Waals surface area contributed by atoms with Gasteiger partial charge in [-0.25, -0.2) is 0 Å². The Kier molecular flexibility index (Phi) is 2.39. The van der Waals surface area contributed by atoms with Crippen LogP contribution in [0.2, 0.25) is 0 Å². The summed E-state index contributed by atoms with van der Waals surface area (Å²) in [6.45, 7) is 6.34. The number of anilines is 2. The van der Waals surface area contributed by atoms with E-state index in [0.29, 0.717) is 0 Å². The van der Waals surface area contributed by atoms with Crippen molar-refractivity contribution >= 4 is 17.3 Å². The molecule has 1 aliphatic heterocycles. The van der Waals surface area contributed by atoms with Gasteiger partial charge in [0.1, 0.15) is 0 Å². The molecular formula is C12H16N2O2. The molecule has 1 heterocycles. The van der Waals surface area contributed by atoms with Gasteiger partial charge in [-0.1, -0.05) is 26.8 Å². The molecule has 1 aromatic carbocycles. The molecule has 3 N–H and O–H groups in total. The normalized spacial score (nSPS) is 19.8. The minimum atomic E-state index is -1.16. The van der Waals surface area contributed by atoms with E-state index in [1.165, 1.54) is 0 Å². The largest absolute Gasteiger partial charge is 0.366 e. The highest BCUT2D eigenvalue weighted by Gasteiger charge is 2.24. The highest BCUT2D eigenvalue weighted by Crippen LogP contribution is 2.32. The van der Waals surface area contributed by atoms with Gasteiger partial charge in [-0.2, -0.15) is 0 Å². The molecule has 16 heavy (non-hydrogen) atoms. The minimum Gasteiger partial charge on any atom is -0.366 e. The molecule has 1 unspecified atom stereocenters. The Bertz CT molecular complexity index is 435. The molecule has 1 aliphatic rings. The molecule has 0 saturated carbocycles. The molecule has 2 rings (SSSR count). The van der Waals surface area contributed by atoms with Gasteiger partial charge in [0.25, 0.3) is 5.91 Å². The van der Waals surface area contributed by atoms with Crippen molar-refractivity contribution in [1.29, 1.82) is 0 Å². The monoisotopic (exact) mass is 220 g/mol. The molecule has 0 aliphatic carbocycles. The molecule has 0 aromatic heterocycles. The van der Waals surface area contributed by atoms with Crippen molar-refractivity contribution in [2.24, 2.45) is 0 Å². The van der Waals surface area contributed by atoms with Crippen molar-refractivity contribution in [2.45, 2.75) is 32.4 Å². The van der Waals surface area contributed by atoms with Gasteiger partial charge in [0.15, 0.2) is 0 Å². The Labute approximate surface area is 94.7 Å². The Morgan fingerprint density at radius 1 is 1.25 bits per heavy atom. The summed E-state index contributed by atoms with van der Waals surface area (Å²) in [4.78, 5) is 11.3. The average molecular weight is 220 g/mol. The van der Waals surface area contributed by atoms with Crippen LogP contribution in [0.25, 0.3) is 0 Å². The van der Waals surface area contributed by atoms with Gasteiger partial charge in [0.05, 0.1) is 11.4 Å². The van der Waals surface area contributed by atoms with E-state index in [1.54, 1.807) is 0 Å². The second-order valence-electron chi connectivity index (χ2n) is 5.05. The topological polar surface area (TPSA) is 61.4 Å². The van der Waals surface area contributed by atoms with Crippen LogP contribution < -0.4 is 10.6 Å². The van der Waals surface area contributed by atoms with Crippen LogP contribution in [0.15, 0.2) is 18.2 Å². The number of hydrogen-bond donors (Lipinski definition) is 3. The zero-order valence-electron chi connectivity index (χ0n) is 9.66. The number of carbonyl (C=O) groups excluding carboxylic acids is 1. The smallest absolute Gasteiger partial charge is 0.274 e. The highest BCUT2D eigenvalue weighted by molar-refractivity contribution is 6.01. The van der Waals surface area contributed by atoms with Crippen LogP contribution in [-0.4, -0.2) is 17.2 Å². The van der Waals surface area contributed by atoms with Gasteiger partial charge in [0, 0.05) is 0 Å².